The van der Waals surface area contributed by atoms with Gasteiger partial charge in [0.15, 0.2) is 0 Å². The first-order valence-corrected chi connectivity index (χ1v) is 10.5. The van der Waals surface area contributed by atoms with Gasteiger partial charge in [-0.15, -0.1) is 0 Å². The molecule has 1 aromatic heterocycles. The van der Waals surface area contributed by atoms with Gasteiger partial charge in [0.25, 0.3) is 11.7 Å². The highest BCUT2D eigenvalue weighted by Gasteiger charge is 2.48. The number of carbonyl (C=O) groups excluding carboxylic acids is 2. The summed E-state index contributed by atoms with van der Waals surface area (Å²) in [6.07, 6.45) is 3.06. The predicted molar refractivity (Wildman–Crippen MR) is 125 cm³/mol. The molecule has 0 aliphatic carbocycles. The molecule has 4 rings (SSSR count). The minimum Gasteiger partial charge on any atom is -0.507 e. The number of halogens is 1. The summed E-state index contributed by atoms with van der Waals surface area (Å²) >= 11 is 6.30. The Balaban J connectivity index is 2.03. The minimum atomic E-state index is -1.03. The molecule has 7 nitrogen and oxygen atoms in total. The topological polar surface area (TPSA) is 100.0 Å². The van der Waals surface area contributed by atoms with Gasteiger partial charge in [0.2, 0.25) is 0 Å². The predicted octanol–water partition coefficient (Wildman–Crippen LogP) is 4.69. The Kier molecular flexibility index (Phi) is 5.82. The summed E-state index contributed by atoms with van der Waals surface area (Å²) in [5.41, 5.74) is 2.17. The van der Waals surface area contributed by atoms with Crippen LogP contribution in [0.5, 0.6) is 11.5 Å². The van der Waals surface area contributed by atoms with Crippen LogP contribution in [0.25, 0.3) is 5.76 Å². The highest BCUT2D eigenvalue weighted by molar-refractivity contribution is 6.52. The first-order valence-electron chi connectivity index (χ1n) is 10.1. The Bertz CT molecular complexity index is 1300. The Hall–Kier alpha value is -3.84. The molecule has 1 aliphatic heterocycles. The molecule has 2 heterocycles. The molecule has 0 spiro atoms. The van der Waals surface area contributed by atoms with E-state index in [0.29, 0.717) is 5.56 Å². The van der Waals surface area contributed by atoms with Gasteiger partial charge in [-0.1, -0.05) is 23.7 Å². The summed E-state index contributed by atoms with van der Waals surface area (Å²) in [6.45, 7) is 3.59. The number of hydrogen-bond donors (Lipinski definition) is 2. The third kappa shape index (κ3) is 3.81. The quantitative estimate of drug-likeness (QED) is 0.330. The van der Waals surface area contributed by atoms with Gasteiger partial charge >= 0.3 is 0 Å². The van der Waals surface area contributed by atoms with Crippen LogP contribution in [0.2, 0.25) is 5.02 Å². The molecule has 1 amide bonds. The number of aromatic hydroxyl groups is 1. The summed E-state index contributed by atoms with van der Waals surface area (Å²) < 4.78 is 5.37. The number of nitrogens with zero attached hydrogens (tertiary/aromatic N) is 2. The maximum absolute atomic E-state index is 13.3. The largest absolute Gasteiger partial charge is 0.507 e. The number of phenolic OH excluding ortho intramolecular Hbond substituents is 1. The number of anilines is 1. The highest BCUT2D eigenvalue weighted by Crippen LogP contribution is 2.46. The first kappa shape index (κ1) is 22.4. The van der Waals surface area contributed by atoms with Gasteiger partial charge in [0.1, 0.15) is 17.3 Å². The smallest absolute Gasteiger partial charge is 0.300 e. The van der Waals surface area contributed by atoms with Crippen molar-refractivity contribution < 1.29 is 24.5 Å². The van der Waals surface area contributed by atoms with E-state index in [4.69, 9.17) is 16.3 Å². The molecule has 3 aromatic rings. The summed E-state index contributed by atoms with van der Waals surface area (Å²) in [6, 6.07) is 10.4. The monoisotopic (exact) mass is 464 g/mol. The molecule has 0 bridgehead atoms. The lowest BCUT2D eigenvalue weighted by atomic mass is 9.95. The average Bonchev–Trinajstić information content (AvgIpc) is 3.05. The zero-order valence-corrected chi connectivity index (χ0v) is 18.9. The van der Waals surface area contributed by atoms with E-state index in [9.17, 15) is 19.8 Å². The second-order valence-corrected chi connectivity index (χ2v) is 8.18. The number of methoxy groups -OCH3 is 1. The van der Waals surface area contributed by atoms with Crippen molar-refractivity contribution in [3.05, 3.63) is 87.7 Å². The van der Waals surface area contributed by atoms with Gasteiger partial charge in [-0.2, -0.15) is 0 Å². The number of rotatable bonds is 4. The van der Waals surface area contributed by atoms with Gasteiger partial charge in [-0.05, 0) is 60.9 Å². The molecule has 0 saturated carbocycles. The molecule has 1 fully saturated rings. The molecule has 2 aromatic carbocycles. The number of benzene rings is 2. The maximum Gasteiger partial charge on any atom is 0.300 e. The molecule has 2 N–H and O–H groups in total. The zero-order valence-electron chi connectivity index (χ0n) is 18.2. The number of ether oxygens (including phenoxy) is 1. The van der Waals surface area contributed by atoms with Crippen LogP contribution in [-0.4, -0.2) is 34.0 Å². The number of hydrogen-bond acceptors (Lipinski definition) is 6. The van der Waals surface area contributed by atoms with Crippen molar-refractivity contribution in [3.8, 4) is 11.5 Å². The Morgan fingerprint density at radius 2 is 1.88 bits per heavy atom. The van der Waals surface area contributed by atoms with E-state index in [-0.39, 0.29) is 33.3 Å². The van der Waals surface area contributed by atoms with Crippen molar-refractivity contribution in [2.75, 3.05) is 12.0 Å². The molecule has 1 unspecified atom stereocenters. The Morgan fingerprint density at radius 1 is 1.12 bits per heavy atom. The van der Waals surface area contributed by atoms with E-state index in [0.717, 1.165) is 11.1 Å². The average molecular weight is 465 g/mol. The molecular formula is C25H21ClN2O5. The van der Waals surface area contributed by atoms with Gasteiger partial charge in [-0.3, -0.25) is 19.5 Å². The standard InChI is InChI=1S/C25H21ClN2O5/c1-13-6-7-19(29)18(11-13)28-21(15-5-4-8-27-12-15)20(23(31)25(28)32)22(30)16-9-14(2)10-17(26)24(16)33-3/h4-12,21,29-30H,1-3H3/b22-20+. The second-order valence-electron chi connectivity index (χ2n) is 7.78. The van der Waals surface area contributed by atoms with Crippen molar-refractivity contribution in [1.29, 1.82) is 0 Å². The second kappa shape index (κ2) is 8.60. The van der Waals surface area contributed by atoms with Crippen LogP contribution in [0, 0.1) is 13.8 Å². The van der Waals surface area contributed by atoms with Crippen LogP contribution in [0.1, 0.15) is 28.3 Å². The molecule has 0 radical (unpaired) electrons. The minimum absolute atomic E-state index is 0.152. The van der Waals surface area contributed by atoms with Crippen LogP contribution in [0.15, 0.2) is 60.4 Å². The van der Waals surface area contributed by atoms with Gasteiger partial charge in [0, 0.05) is 12.4 Å². The number of Topliss-reactive ketones (excluding diaryl/α,β-unsaturated/α-hetero) is 1. The summed E-state index contributed by atoms with van der Waals surface area (Å²) in [7, 11) is 1.40. The van der Waals surface area contributed by atoms with Gasteiger partial charge in [-0.25, -0.2) is 0 Å². The van der Waals surface area contributed by atoms with Crippen LogP contribution in [0.4, 0.5) is 5.69 Å². The van der Waals surface area contributed by atoms with Crippen molar-refractivity contribution in [3.63, 3.8) is 0 Å². The number of amides is 1. The number of carbonyl (C=O) groups is 2. The number of aromatic nitrogens is 1. The van der Waals surface area contributed by atoms with E-state index < -0.39 is 23.5 Å². The van der Waals surface area contributed by atoms with Crippen molar-refractivity contribution >= 4 is 34.7 Å². The molecule has 8 heteroatoms. The molecule has 1 aliphatic rings. The highest BCUT2D eigenvalue weighted by atomic mass is 35.5. The fourth-order valence-corrected chi connectivity index (χ4v) is 4.37. The third-order valence-electron chi connectivity index (χ3n) is 5.48. The number of aliphatic hydroxyl groups is 1. The van der Waals surface area contributed by atoms with E-state index >= 15 is 0 Å². The summed E-state index contributed by atoms with van der Waals surface area (Å²) in [5.74, 6) is -2.22. The van der Waals surface area contributed by atoms with Crippen molar-refractivity contribution in [2.45, 2.75) is 19.9 Å². The van der Waals surface area contributed by atoms with Crippen LogP contribution >= 0.6 is 11.6 Å². The number of phenols is 1. The first-order chi connectivity index (χ1) is 15.7. The lowest BCUT2D eigenvalue weighted by Crippen LogP contribution is -2.29. The zero-order chi connectivity index (χ0) is 23.9. The molecule has 168 valence electrons. The van der Waals surface area contributed by atoms with Crippen molar-refractivity contribution in [2.24, 2.45) is 0 Å². The van der Waals surface area contributed by atoms with E-state index in [2.05, 4.69) is 4.98 Å². The van der Waals surface area contributed by atoms with Crippen LogP contribution in [-0.2, 0) is 9.59 Å². The number of aliphatic hydroxyl groups excluding tert-OH is 1. The molecule has 1 saturated heterocycles. The number of aryl methyl sites for hydroxylation is 2. The van der Waals surface area contributed by atoms with Crippen LogP contribution in [0.3, 0.4) is 0 Å². The fraction of sp³-hybridized carbons (Fsp3) is 0.160. The SMILES string of the molecule is COc1c(Cl)cc(C)cc1/C(O)=C1\C(=O)C(=O)N(c2cc(C)ccc2O)C1c1cccnc1. The third-order valence-corrected chi connectivity index (χ3v) is 5.76. The molecule has 1 atom stereocenters. The van der Waals surface area contributed by atoms with E-state index in [1.807, 2.05) is 0 Å². The normalized spacial score (nSPS) is 17.5. The lowest BCUT2D eigenvalue weighted by Gasteiger charge is -2.26. The molecule has 33 heavy (non-hydrogen) atoms. The Morgan fingerprint density at radius 3 is 2.55 bits per heavy atom. The Labute approximate surface area is 195 Å². The van der Waals surface area contributed by atoms with E-state index in [1.54, 1.807) is 56.4 Å². The molecular weight excluding hydrogens is 444 g/mol. The number of ketones is 1. The van der Waals surface area contributed by atoms with Crippen molar-refractivity contribution in [1.82, 2.24) is 4.98 Å². The van der Waals surface area contributed by atoms with Crippen LogP contribution < -0.4 is 9.64 Å². The van der Waals surface area contributed by atoms with Gasteiger partial charge in [0.05, 0.1) is 35.0 Å². The summed E-state index contributed by atoms with van der Waals surface area (Å²) in [5, 5.41) is 22.1. The maximum atomic E-state index is 13.3. The van der Waals surface area contributed by atoms with Gasteiger partial charge < -0.3 is 14.9 Å². The lowest BCUT2D eigenvalue weighted by molar-refractivity contribution is -0.132. The summed E-state index contributed by atoms with van der Waals surface area (Å²) in [4.78, 5) is 31.8. The van der Waals surface area contributed by atoms with E-state index in [1.165, 1.54) is 24.3 Å². The fourth-order valence-electron chi connectivity index (χ4n) is 4.02. The number of pyridine rings is 1.